The van der Waals surface area contributed by atoms with Crippen molar-refractivity contribution in [3.8, 4) is 0 Å². The summed E-state index contributed by atoms with van der Waals surface area (Å²) in [6.07, 6.45) is -2.54. The summed E-state index contributed by atoms with van der Waals surface area (Å²) in [5.74, 6) is 0. The van der Waals surface area contributed by atoms with Crippen LogP contribution in [0.4, 0.5) is 0 Å². The van der Waals surface area contributed by atoms with Gasteiger partial charge in [-0.25, -0.2) is 9.78 Å². The van der Waals surface area contributed by atoms with E-state index in [2.05, 4.69) is 9.78 Å². The zero-order chi connectivity index (χ0) is 13.7. The fraction of sp³-hybridized carbons (Fsp3) is 1.00. The molecule has 0 saturated heterocycles. The van der Waals surface area contributed by atoms with E-state index in [0.29, 0.717) is 0 Å². The zero-order valence-corrected chi connectivity index (χ0v) is 9.77. The summed E-state index contributed by atoms with van der Waals surface area (Å²) in [7, 11) is 0. The Morgan fingerprint density at radius 2 is 1.06 bits per heavy atom. The maximum Gasteiger partial charge on any atom is 0.110 e. The highest BCUT2D eigenvalue weighted by molar-refractivity contribution is 4.48. The summed E-state index contributed by atoms with van der Waals surface area (Å²) in [6, 6.07) is 0. The summed E-state index contributed by atoms with van der Waals surface area (Å²) < 4.78 is 0. The minimum atomic E-state index is -0.990. The SMILES string of the molecule is CC(O)CO.OCC(O)COOCC(O)CO. The van der Waals surface area contributed by atoms with Gasteiger partial charge < -0.3 is 30.6 Å². The molecule has 0 rings (SSSR count). The molecule has 8 nitrogen and oxygen atoms in total. The van der Waals surface area contributed by atoms with Crippen LogP contribution in [-0.4, -0.2) is 82.0 Å². The van der Waals surface area contributed by atoms with E-state index in [-0.39, 0.29) is 19.8 Å². The Kier molecular flexibility index (Phi) is 15.4. The summed E-state index contributed by atoms with van der Waals surface area (Å²) in [4.78, 5) is 8.76. The van der Waals surface area contributed by atoms with E-state index >= 15 is 0 Å². The number of aliphatic hydroxyl groups excluding tert-OH is 6. The van der Waals surface area contributed by atoms with Crippen LogP contribution in [0.5, 0.6) is 0 Å². The van der Waals surface area contributed by atoms with Crippen LogP contribution < -0.4 is 0 Å². The minimum Gasteiger partial charge on any atom is -0.394 e. The van der Waals surface area contributed by atoms with Crippen LogP contribution in [0.1, 0.15) is 6.92 Å². The van der Waals surface area contributed by atoms with Gasteiger partial charge in [0.25, 0.3) is 0 Å². The Labute approximate surface area is 99.6 Å². The fourth-order valence-corrected chi connectivity index (χ4v) is 0.359. The highest BCUT2D eigenvalue weighted by Gasteiger charge is 2.04. The number of hydrogen-bond donors (Lipinski definition) is 6. The summed E-state index contributed by atoms with van der Waals surface area (Å²) in [5.41, 5.74) is 0. The molecule has 3 unspecified atom stereocenters. The second kappa shape index (κ2) is 13.7. The molecule has 0 aliphatic heterocycles. The average Bonchev–Trinajstić information content (AvgIpc) is 2.34. The first-order chi connectivity index (χ1) is 7.97. The van der Waals surface area contributed by atoms with Gasteiger partial charge in [-0.1, -0.05) is 0 Å². The third-order valence-electron chi connectivity index (χ3n) is 1.29. The van der Waals surface area contributed by atoms with Gasteiger partial charge in [0.1, 0.15) is 25.4 Å². The third-order valence-corrected chi connectivity index (χ3v) is 1.29. The lowest BCUT2D eigenvalue weighted by Crippen LogP contribution is -2.23. The molecule has 3 atom stereocenters. The van der Waals surface area contributed by atoms with E-state index in [1.54, 1.807) is 0 Å². The van der Waals surface area contributed by atoms with Crippen molar-refractivity contribution in [3.63, 3.8) is 0 Å². The van der Waals surface area contributed by atoms with E-state index in [1.165, 1.54) is 6.92 Å². The largest absolute Gasteiger partial charge is 0.394 e. The Morgan fingerprint density at radius 3 is 1.24 bits per heavy atom. The lowest BCUT2D eigenvalue weighted by molar-refractivity contribution is -0.316. The molecule has 0 bridgehead atoms. The molecule has 0 saturated carbocycles. The number of aliphatic hydroxyl groups is 6. The quantitative estimate of drug-likeness (QED) is 0.154. The molecule has 17 heavy (non-hydrogen) atoms. The molecule has 0 aromatic rings. The molecule has 0 spiro atoms. The predicted molar refractivity (Wildman–Crippen MR) is 56.9 cm³/mol. The van der Waals surface area contributed by atoms with Crippen LogP contribution >= 0.6 is 0 Å². The topological polar surface area (TPSA) is 140 Å². The first kappa shape index (κ1) is 19.0. The Morgan fingerprint density at radius 1 is 0.765 bits per heavy atom. The maximum absolute atomic E-state index is 8.71. The summed E-state index contributed by atoms with van der Waals surface area (Å²) in [6.45, 7) is 0.223. The van der Waals surface area contributed by atoms with Crippen LogP contribution in [0.25, 0.3) is 0 Å². The van der Waals surface area contributed by atoms with Crippen molar-refractivity contribution in [2.45, 2.75) is 25.2 Å². The minimum absolute atomic E-state index is 0.139. The van der Waals surface area contributed by atoms with Crippen molar-refractivity contribution in [1.29, 1.82) is 0 Å². The molecule has 0 heterocycles. The van der Waals surface area contributed by atoms with Crippen molar-refractivity contribution >= 4 is 0 Å². The smallest absolute Gasteiger partial charge is 0.110 e. The van der Waals surface area contributed by atoms with Crippen molar-refractivity contribution in [2.24, 2.45) is 0 Å². The Balaban J connectivity index is 0. The van der Waals surface area contributed by atoms with Crippen molar-refractivity contribution in [2.75, 3.05) is 33.0 Å². The zero-order valence-electron chi connectivity index (χ0n) is 9.77. The second-order valence-electron chi connectivity index (χ2n) is 3.27. The molecule has 0 aromatic heterocycles. The van der Waals surface area contributed by atoms with Gasteiger partial charge in [0.2, 0.25) is 0 Å². The van der Waals surface area contributed by atoms with Crippen LogP contribution in [0.2, 0.25) is 0 Å². The maximum atomic E-state index is 8.71. The van der Waals surface area contributed by atoms with Crippen LogP contribution in [0.15, 0.2) is 0 Å². The number of hydrogen-bond acceptors (Lipinski definition) is 8. The first-order valence-electron chi connectivity index (χ1n) is 5.09. The monoisotopic (exact) mass is 258 g/mol. The molecule has 0 aliphatic carbocycles. The van der Waals surface area contributed by atoms with Crippen LogP contribution in [0.3, 0.4) is 0 Å². The van der Waals surface area contributed by atoms with E-state index < -0.39 is 31.5 Å². The second-order valence-corrected chi connectivity index (χ2v) is 3.27. The Bertz CT molecular complexity index is 131. The highest BCUT2D eigenvalue weighted by atomic mass is 17.2. The van der Waals surface area contributed by atoms with Gasteiger partial charge in [0.05, 0.1) is 25.9 Å². The molecule has 0 aromatic carbocycles. The molecule has 0 aliphatic rings. The molecule has 0 radical (unpaired) electrons. The van der Waals surface area contributed by atoms with E-state index in [9.17, 15) is 0 Å². The van der Waals surface area contributed by atoms with Gasteiger partial charge >= 0.3 is 0 Å². The van der Waals surface area contributed by atoms with Gasteiger partial charge in [-0.05, 0) is 6.92 Å². The van der Waals surface area contributed by atoms with Crippen molar-refractivity contribution in [3.05, 3.63) is 0 Å². The predicted octanol–water partition coefficient (Wildman–Crippen LogP) is -3.00. The van der Waals surface area contributed by atoms with E-state index in [0.717, 1.165) is 0 Å². The van der Waals surface area contributed by atoms with Crippen molar-refractivity contribution in [1.82, 2.24) is 0 Å². The van der Waals surface area contributed by atoms with E-state index in [1.807, 2.05) is 0 Å². The van der Waals surface area contributed by atoms with Gasteiger partial charge in [0, 0.05) is 0 Å². The molecular formula is C9H22O8. The number of rotatable bonds is 8. The lowest BCUT2D eigenvalue weighted by Gasteiger charge is -2.09. The fourth-order valence-electron chi connectivity index (χ4n) is 0.359. The third kappa shape index (κ3) is 18.3. The molecule has 0 amide bonds. The first-order valence-corrected chi connectivity index (χ1v) is 5.09. The van der Waals surface area contributed by atoms with Gasteiger partial charge in [0.15, 0.2) is 0 Å². The van der Waals surface area contributed by atoms with Crippen molar-refractivity contribution < 1.29 is 40.4 Å². The van der Waals surface area contributed by atoms with Crippen LogP contribution in [0, 0.1) is 0 Å². The molecule has 8 heteroatoms. The standard InChI is InChI=1S/C6H14O6.C3H8O2/c7-1-5(9)3-11-12-4-6(10)2-8;1-3(5)2-4/h5-10H,1-4H2;3-5H,2H2,1H3. The van der Waals surface area contributed by atoms with E-state index in [4.69, 9.17) is 30.6 Å². The molecule has 6 N–H and O–H groups in total. The Hall–Kier alpha value is -0.320. The van der Waals surface area contributed by atoms with Gasteiger partial charge in [-0.3, -0.25) is 0 Å². The summed E-state index contributed by atoms with van der Waals surface area (Å²) >= 11 is 0. The normalized spacial score (nSPS) is 15.7. The summed E-state index contributed by atoms with van der Waals surface area (Å²) in [5, 5.41) is 50.1. The molecule has 106 valence electrons. The average molecular weight is 258 g/mol. The van der Waals surface area contributed by atoms with Gasteiger partial charge in [-0.2, -0.15) is 0 Å². The molecular weight excluding hydrogens is 236 g/mol. The molecule has 0 fully saturated rings. The highest BCUT2D eigenvalue weighted by Crippen LogP contribution is 1.88. The van der Waals surface area contributed by atoms with Crippen LogP contribution in [-0.2, 0) is 9.78 Å². The van der Waals surface area contributed by atoms with Gasteiger partial charge in [-0.15, -0.1) is 0 Å². The lowest BCUT2D eigenvalue weighted by atomic mass is 10.4.